The lowest BCUT2D eigenvalue weighted by Crippen LogP contribution is -2.37. The highest BCUT2D eigenvalue weighted by Gasteiger charge is 2.26. The zero-order valence-corrected chi connectivity index (χ0v) is 19.2. The van der Waals surface area contributed by atoms with E-state index in [0.29, 0.717) is 37.9 Å². The fraction of sp³-hybridized carbons (Fsp3) is 0.462. The van der Waals surface area contributed by atoms with Gasteiger partial charge in [0.05, 0.1) is 18.7 Å². The van der Waals surface area contributed by atoms with Crippen LogP contribution in [0.4, 0.5) is 5.95 Å². The van der Waals surface area contributed by atoms with Crippen molar-refractivity contribution in [3.05, 3.63) is 59.5 Å². The molecule has 172 valence electrons. The summed E-state index contributed by atoms with van der Waals surface area (Å²) < 4.78 is 5.88. The number of hydrogen-bond donors (Lipinski definition) is 0. The SMILES string of the molecule is Cc1cc(C(=O)N2CCOCC(Cc3ccc4ncccc4c3)C2)nc(N2CCCCC2)n1. The molecule has 0 spiro atoms. The molecule has 2 saturated heterocycles. The fourth-order valence-corrected chi connectivity index (χ4v) is 4.83. The van der Waals surface area contributed by atoms with Gasteiger partial charge >= 0.3 is 0 Å². The number of nitrogens with zero attached hydrogens (tertiary/aromatic N) is 5. The van der Waals surface area contributed by atoms with Crippen molar-refractivity contribution in [2.75, 3.05) is 44.3 Å². The predicted octanol–water partition coefficient (Wildman–Crippen LogP) is 3.65. The second-order valence-corrected chi connectivity index (χ2v) is 9.17. The fourth-order valence-electron chi connectivity index (χ4n) is 4.83. The van der Waals surface area contributed by atoms with Crippen LogP contribution in [0.2, 0.25) is 0 Å². The normalized spacial score (nSPS) is 19.5. The minimum atomic E-state index is -0.0306. The van der Waals surface area contributed by atoms with Crippen LogP contribution in [0.5, 0.6) is 0 Å². The van der Waals surface area contributed by atoms with Crippen LogP contribution in [0, 0.1) is 12.8 Å². The molecule has 4 heterocycles. The monoisotopic (exact) mass is 445 g/mol. The summed E-state index contributed by atoms with van der Waals surface area (Å²) in [7, 11) is 0. The van der Waals surface area contributed by atoms with E-state index in [0.717, 1.165) is 48.9 Å². The highest BCUT2D eigenvalue weighted by Crippen LogP contribution is 2.21. The average molecular weight is 446 g/mol. The Balaban J connectivity index is 1.32. The highest BCUT2D eigenvalue weighted by molar-refractivity contribution is 5.92. The number of benzene rings is 1. The minimum absolute atomic E-state index is 0.0306. The maximum absolute atomic E-state index is 13.5. The Morgan fingerprint density at radius 2 is 1.97 bits per heavy atom. The van der Waals surface area contributed by atoms with Crippen LogP contribution >= 0.6 is 0 Å². The smallest absolute Gasteiger partial charge is 0.272 e. The number of amides is 1. The molecule has 1 atom stereocenters. The summed E-state index contributed by atoms with van der Waals surface area (Å²) in [6.45, 7) is 6.29. The molecule has 1 unspecified atom stereocenters. The van der Waals surface area contributed by atoms with Crippen molar-refractivity contribution >= 4 is 22.8 Å². The molecular formula is C26H31N5O2. The molecule has 1 amide bonds. The predicted molar refractivity (Wildman–Crippen MR) is 128 cm³/mol. The highest BCUT2D eigenvalue weighted by atomic mass is 16.5. The molecule has 2 aliphatic rings. The summed E-state index contributed by atoms with van der Waals surface area (Å²) in [5.41, 5.74) is 3.56. The van der Waals surface area contributed by atoms with Crippen molar-refractivity contribution < 1.29 is 9.53 Å². The summed E-state index contributed by atoms with van der Waals surface area (Å²) in [5, 5.41) is 1.14. The molecule has 5 rings (SSSR count). The molecule has 2 aliphatic heterocycles. The largest absolute Gasteiger partial charge is 0.379 e. The van der Waals surface area contributed by atoms with Gasteiger partial charge in [0.25, 0.3) is 5.91 Å². The van der Waals surface area contributed by atoms with Crippen molar-refractivity contribution in [3.8, 4) is 0 Å². The van der Waals surface area contributed by atoms with E-state index in [4.69, 9.17) is 4.74 Å². The molecule has 2 fully saturated rings. The third-order valence-corrected chi connectivity index (χ3v) is 6.52. The molecule has 0 radical (unpaired) electrons. The second-order valence-electron chi connectivity index (χ2n) is 9.17. The Hall–Kier alpha value is -3.06. The van der Waals surface area contributed by atoms with Crippen LogP contribution in [-0.2, 0) is 11.2 Å². The molecule has 2 aromatic heterocycles. The van der Waals surface area contributed by atoms with E-state index in [1.807, 2.05) is 30.2 Å². The number of pyridine rings is 1. The van der Waals surface area contributed by atoms with E-state index >= 15 is 0 Å². The Bertz CT molecular complexity index is 1130. The number of piperidine rings is 1. The maximum Gasteiger partial charge on any atom is 0.272 e. The van der Waals surface area contributed by atoms with Crippen molar-refractivity contribution in [1.82, 2.24) is 19.9 Å². The number of aromatic nitrogens is 3. The van der Waals surface area contributed by atoms with Gasteiger partial charge in [-0.15, -0.1) is 0 Å². The van der Waals surface area contributed by atoms with Crippen LogP contribution in [-0.4, -0.2) is 65.2 Å². The zero-order valence-electron chi connectivity index (χ0n) is 19.2. The van der Waals surface area contributed by atoms with Gasteiger partial charge in [-0.3, -0.25) is 9.78 Å². The maximum atomic E-state index is 13.5. The molecular weight excluding hydrogens is 414 g/mol. The molecule has 3 aromatic rings. The van der Waals surface area contributed by atoms with Crippen LogP contribution in [0.25, 0.3) is 10.9 Å². The van der Waals surface area contributed by atoms with E-state index in [1.54, 1.807) is 0 Å². The van der Waals surface area contributed by atoms with E-state index in [1.165, 1.54) is 12.0 Å². The van der Waals surface area contributed by atoms with Gasteiger partial charge in [-0.25, -0.2) is 9.97 Å². The molecule has 7 heteroatoms. The number of aryl methyl sites for hydroxylation is 1. The van der Waals surface area contributed by atoms with Gasteiger partial charge in [0.2, 0.25) is 5.95 Å². The third-order valence-electron chi connectivity index (χ3n) is 6.52. The molecule has 1 aromatic carbocycles. The van der Waals surface area contributed by atoms with Gasteiger partial charge in [0, 0.05) is 49.4 Å². The zero-order chi connectivity index (χ0) is 22.6. The summed E-state index contributed by atoms with van der Waals surface area (Å²) in [6.07, 6.45) is 6.22. The lowest BCUT2D eigenvalue weighted by molar-refractivity contribution is 0.0731. The first-order chi connectivity index (χ1) is 16.2. The van der Waals surface area contributed by atoms with E-state index in [-0.39, 0.29) is 11.8 Å². The van der Waals surface area contributed by atoms with Crippen molar-refractivity contribution in [1.29, 1.82) is 0 Å². The van der Waals surface area contributed by atoms with Gasteiger partial charge in [-0.05, 0) is 62.4 Å². The third kappa shape index (κ3) is 5.14. The number of hydrogen-bond acceptors (Lipinski definition) is 6. The Morgan fingerprint density at radius 3 is 2.85 bits per heavy atom. The van der Waals surface area contributed by atoms with Crippen molar-refractivity contribution in [3.63, 3.8) is 0 Å². The quantitative estimate of drug-likeness (QED) is 0.610. The van der Waals surface area contributed by atoms with Crippen LogP contribution in [0.1, 0.15) is 41.0 Å². The molecule has 33 heavy (non-hydrogen) atoms. The first kappa shape index (κ1) is 21.8. The topological polar surface area (TPSA) is 71.5 Å². The molecule has 0 N–H and O–H groups in total. The number of fused-ring (bicyclic) bond motifs is 1. The molecule has 0 saturated carbocycles. The Kier molecular flexibility index (Phi) is 6.48. The van der Waals surface area contributed by atoms with Gasteiger partial charge in [-0.2, -0.15) is 0 Å². The Labute approximate surface area is 194 Å². The number of carbonyl (C=O) groups excluding carboxylic acids is 1. The van der Waals surface area contributed by atoms with Gasteiger partial charge in [0.1, 0.15) is 5.69 Å². The summed E-state index contributed by atoms with van der Waals surface area (Å²) in [6, 6.07) is 12.2. The van der Waals surface area contributed by atoms with Crippen molar-refractivity contribution in [2.24, 2.45) is 5.92 Å². The van der Waals surface area contributed by atoms with Crippen LogP contribution in [0.3, 0.4) is 0 Å². The number of ether oxygens (including phenoxy) is 1. The summed E-state index contributed by atoms with van der Waals surface area (Å²) in [4.78, 5) is 31.3. The average Bonchev–Trinajstić information content (AvgIpc) is 3.09. The summed E-state index contributed by atoms with van der Waals surface area (Å²) in [5.74, 6) is 0.887. The first-order valence-corrected chi connectivity index (χ1v) is 12.0. The molecule has 0 bridgehead atoms. The second kappa shape index (κ2) is 9.83. The Morgan fingerprint density at radius 1 is 1.09 bits per heavy atom. The van der Waals surface area contributed by atoms with E-state index in [2.05, 4.69) is 44.1 Å². The lowest BCUT2D eigenvalue weighted by Gasteiger charge is -2.28. The molecule has 0 aliphatic carbocycles. The van der Waals surface area contributed by atoms with Gasteiger partial charge in [-0.1, -0.05) is 12.1 Å². The first-order valence-electron chi connectivity index (χ1n) is 12.0. The van der Waals surface area contributed by atoms with Crippen LogP contribution < -0.4 is 4.90 Å². The minimum Gasteiger partial charge on any atom is -0.379 e. The van der Waals surface area contributed by atoms with Gasteiger partial charge < -0.3 is 14.5 Å². The van der Waals surface area contributed by atoms with Crippen molar-refractivity contribution in [2.45, 2.75) is 32.6 Å². The summed E-state index contributed by atoms with van der Waals surface area (Å²) >= 11 is 0. The van der Waals surface area contributed by atoms with Crippen LogP contribution in [0.15, 0.2) is 42.6 Å². The number of carbonyl (C=O) groups is 1. The van der Waals surface area contributed by atoms with E-state index < -0.39 is 0 Å². The standard InChI is InChI=1S/C26H31N5O2/c1-19-14-24(29-26(28-19)30-10-3-2-4-11-30)25(32)31-12-13-33-18-21(17-31)15-20-7-8-23-22(16-20)6-5-9-27-23/h5-9,14,16,21H,2-4,10-13,15,17-18H2,1H3. The van der Waals surface area contributed by atoms with Gasteiger partial charge in [0.15, 0.2) is 0 Å². The number of anilines is 1. The lowest BCUT2D eigenvalue weighted by atomic mass is 9.98. The molecule has 7 nitrogen and oxygen atoms in total. The number of rotatable bonds is 4. The van der Waals surface area contributed by atoms with E-state index in [9.17, 15) is 4.79 Å².